The number of rotatable bonds is 6. The van der Waals surface area contributed by atoms with Crippen molar-refractivity contribution < 1.29 is 13.9 Å². The zero-order chi connectivity index (χ0) is 19.4. The van der Waals surface area contributed by atoms with Gasteiger partial charge in [0.05, 0.1) is 18.7 Å². The molecule has 1 aromatic carbocycles. The lowest BCUT2D eigenvalue weighted by molar-refractivity contribution is -0.131. The SMILES string of the molecule is COCCC(=O)N1CC[C@@H](c2nc(N(C)C)ncc2-c2cccc(F)c2)C1. The van der Waals surface area contributed by atoms with Gasteiger partial charge in [-0.25, -0.2) is 14.4 Å². The molecular formula is C20H25FN4O2. The Morgan fingerprint density at radius 3 is 2.93 bits per heavy atom. The number of nitrogens with zero attached hydrogens (tertiary/aromatic N) is 4. The largest absolute Gasteiger partial charge is 0.384 e. The van der Waals surface area contributed by atoms with Crippen molar-refractivity contribution in [3.63, 3.8) is 0 Å². The highest BCUT2D eigenvalue weighted by molar-refractivity contribution is 5.77. The van der Waals surface area contributed by atoms with Gasteiger partial charge in [0.25, 0.3) is 0 Å². The standard InChI is InChI=1S/C20H25FN4O2/c1-24(2)20-22-12-17(14-5-4-6-16(21)11-14)19(23-20)15-7-9-25(13-15)18(26)8-10-27-3/h4-6,11-12,15H,7-10,13H2,1-3H3/t15-/m1/s1. The molecular weight excluding hydrogens is 347 g/mol. The Kier molecular flexibility index (Phi) is 6.01. The van der Waals surface area contributed by atoms with Crippen LogP contribution in [0.1, 0.15) is 24.5 Å². The Bertz CT molecular complexity index is 812. The third kappa shape index (κ3) is 4.42. The molecule has 0 radical (unpaired) electrons. The van der Waals surface area contributed by atoms with E-state index in [-0.39, 0.29) is 17.6 Å². The number of amides is 1. The average Bonchev–Trinajstić information content (AvgIpc) is 3.15. The van der Waals surface area contributed by atoms with Crippen LogP contribution in [0.2, 0.25) is 0 Å². The van der Waals surface area contributed by atoms with Crippen LogP contribution in [0.15, 0.2) is 30.5 Å². The molecule has 1 aromatic heterocycles. The summed E-state index contributed by atoms with van der Waals surface area (Å²) in [4.78, 5) is 25.2. The van der Waals surface area contributed by atoms with Crippen LogP contribution in [0.5, 0.6) is 0 Å². The lowest BCUT2D eigenvalue weighted by Gasteiger charge is -2.19. The Morgan fingerprint density at radius 1 is 1.41 bits per heavy atom. The second-order valence-corrected chi connectivity index (χ2v) is 6.94. The van der Waals surface area contributed by atoms with Crippen LogP contribution in [0, 0.1) is 5.82 Å². The van der Waals surface area contributed by atoms with Gasteiger partial charge in [-0.3, -0.25) is 4.79 Å². The van der Waals surface area contributed by atoms with Gasteiger partial charge in [0.15, 0.2) is 0 Å². The lowest BCUT2D eigenvalue weighted by Crippen LogP contribution is -2.29. The second-order valence-electron chi connectivity index (χ2n) is 6.94. The van der Waals surface area contributed by atoms with Crippen LogP contribution in [0.4, 0.5) is 10.3 Å². The van der Waals surface area contributed by atoms with E-state index in [1.54, 1.807) is 19.4 Å². The van der Waals surface area contributed by atoms with E-state index < -0.39 is 0 Å². The quantitative estimate of drug-likeness (QED) is 0.780. The van der Waals surface area contributed by atoms with Crippen molar-refractivity contribution in [3.8, 4) is 11.1 Å². The van der Waals surface area contributed by atoms with Gasteiger partial charge in [-0.05, 0) is 24.1 Å². The van der Waals surface area contributed by atoms with Gasteiger partial charge in [-0.2, -0.15) is 0 Å². The first-order valence-corrected chi connectivity index (χ1v) is 9.06. The van der Waals surface area contributed by atoms with Gasteiger partial charge in [0, 0.05) is 52.0 Å². The second kappa shape index (κ2) is 8.43. The molecule has 144 valence electrons. The van der Waals surface area contributed by atoms with Gasteiger partial charge >= 0.3 is 0 Å². The van der Waals surface area contributed by atoms with E-state index >= 15 is 0 Å². The predicted octanol–water partition coefficient (Wildman–Crippen LogP) is 2.70. The third-order valence-corrected chi connectivity index (χ3v) is 4.79. The van der Waals surface area contributed by atoms with E-state index in [4.69, 9.17) is 9.72 Å². The summed E-state index contributed by atoms with van der Waals surface area (Å²) in [7, 11) is 5.36. The van der Waals surface area contributed by atoms with E-state index in [0.717, 1.165) is 23.2 Å². The lowest BCUT2D eigenvalue weighted by atomic mass is 9.96. The molecule has 2 aromatic rings. The number of hydrogen-bond acceptors (Lipinski definition) is 5. The van der Waals surface area contributed by atoms with E-state index in [1.165, 1.54) is 12.1 Å². The summed E-state index contributed by atoms with van der Waals surface area (Å²) in [5, 5.41) is 0. The number of methoxy groups -OCH3 is 1. The van der Waals surface area contributed by atoms with Crippen LogP contribution in [-0.4, -0.2) is 61.7 Å². The van der Waals surface area contributed by atoms with E-state index in [1.807, 2.05) is 30.0 Å². The average molecular weight is 372 g/mol. The van der Waals surface area contributed by atoms with Crippen molar-refractivity contribution >= 4 is 11.9 Å². The molecule has 1 fully saturated rings. The number of likely N-dealkylation sites (tertiary alicyclic amines) is 1. The summed E-state index contributed by atoms with van der Waals surface area (Å²) in [6, 6.07) is 6.46. The number of carbonyl (C=O) groups is 1. The fourth-order valence-electron chi connectivity index (χ4n) is 3.35. The zero-order valence-electron chi connectivity index (χ0n) is 16.0. The first-order valence-electron chi connectivity index (χ1n) is 9.06. The number of hydrogen-bond donors (Lipinski definition) is 0. The number of carbonyl (C=O) groups excluding carboxylic acids is 1. The van der Waals surface area contributed by atoms with Crippen molar-refractivity contribution in [2.75, 3.05) is 45.8 Å². The zero-order valence-corrected chi connectivity index (χ0v) is 16.0. The predicted molar refractivity (Wildman–Crippen MR) is 102 cm³/mol. The molecule has 7 heteroatoms. The Hall–Kier alpha value is -2.54. The minimum Gasteiger partial charge on any atom is -0.384 e. The van der Waals surface area contributed by atoms with Gasteiger partial charge in [-0.15, -0.1) is 0 Å². The number of anilines is 1. The summed E-state index contributed by atoms with van der Waals surface area (Å²) in [6.07, 6.45) is 2.96. The molecule has 0 spiro atoms. The van der Waals surface area contributed by atoms with Gasteiger partial charge in [0.2, 0.25) is 11.9 Å². The maximum Gasteiger partial charge on any atom is 0.225 e. The van der Waals surface area contributed by atoms with Crippen molar-refractivity contribution in [1.29, 1.82) is 0 Å². The molecule has 3 rings (SSSR count). The third-order valence-electron chi connectivity index (χ3n) is 4.79. The molecule has 27 heavy (non-hydrogen) atoms. The number of ether oxygens (including phenoxy) is 1. The van der Waals surface area contributed by atoms with E-state index in [2.05, 4.69) is 4.98 Å². The van der Waals surface area contributed by atoms with Gasteiger partial charge < -0.3 is 14.5 Å². The van der Waals surface area contributed by atoms with Crippen molar-refractivity contribution in [1.82, 2.24) is 14.9 Å². The molecule has 0 saturated carbocycles. The summed E-state index contributed by atoms with van der Waals surface area (Å²) in [6.45, 7) is 1.72. The van der Waals surface area contributed by atoms with Crippen molar-refractivity contribution in [3.05, 3.63) is 42.0 Å². The van der Waals surface area contributed by atoms with Crippen molar-refractivity contribution in [2.24, 2.45) is 0 Å². The normalized spacial score (nSPS) is 16.6. The number of halogens is 1. The van der Waals surface area contributed by atoms with Crippen LogP contribution in [0.25, 0.3) is 11.1 Å². The first kappa shape index (κ1) is 19.2. The molecule has 2 heterocycles. The first-order chi connectivity index (χ1) is 13.0. The van der Waals surface area contributed by atoms with E-state index in [9.17, 15) is 9.18 Å². The molecule has 1 atom stereocenters. The molecule has 1 aliphatic rings. The highest BCUT2D eigenvalue weighted by Crippen LogP contribution is 2.34. The summed E-state index contributed by atoms with van der Waals surface area (Å²) >= 11 is 0. The van der Waals surface area contributed by atoms with Crippen LogP contribution in [-0.2, 0) is 9.53 Å². The van der Waals surface area contributed by atoms with Gasteiger partial charge in [-0.1, -0.05) is 12.1 Å². The molecule has 0 aliphatic carbocycles. The van der Waals surface area contributed by atoms with Crippen LogP contribution in [0.3, 0.4) is 0 Å². The van der Waals surface area contributed by atoms with Crippen LogP contribution < -0.4 is 4.90 Å². The molecule has 1 aliphatic heterocycles. The Morgan fingerprint density at radius 2 is 2.22 bits per heavy atom. The molecule has 1 amide bonds. The smallest absolute Gasteiger partial charge is 0.225 e. The monoisotopic (exact) mass is 372 g/mol. The van der Waals surface area contributed by atoms with Crippen molar-refractivity contribution in [2.45, 2.75) is 18.8 Å². The fourth-order valence-corrected chi connectivity index (χ4v) is 3.35. The fraction of sp³-hybridized carbons (Fsp3) is 0.450. The molecule has 0 N–H and O–H groups in total. The highest BCUT2D eigenvalue weighted by atomic mass is 19.1. The molecule has 0 unspecified atom stereocenters. The number of aromatic nitrogens is 2. The molecule has 0 bridgehead atoms. The van der Waals surface area contributed by atoms with Crippen LogP contribution >= 0.6 is 0 Å². The van der Waals surface area contributed by atoms with Gasteiger partial charge in [0.1, 0.15) is 5.82 Å². The Labute approximate surface area is 159 Å². The molecule has 6 nitrogen and oxygen atoms in total. The maximum absolute atomic E-state index is 13.7. The summed E-state index contributed by atoms with van der Waals surface area (Å²) in [5.74, 6) is 0.497. The topological polar surface area (TPSA) is 58.6 Å². The highest BCUT2D eigenvalue weighted by Gasteiger charge is 2.30. The summed E-state index contributed by atoms with van der Waals surface area (Å²) in [5.41, 5.74) is 2.43. The summed E-state index contributed by atoms with van der Waals surface area (Å²) < 4.78 is 18.7. The minimum absolute atomic E-state index is 0.0912. The maximum atomic E-state index is 13.7. The Balaban J connectivity index is 1.91. The molecule has 1 saturated heterocycles. The minimum atomic E-state index is -0.294. The number of benzene rings is 1. The van der Waals surface area contributed by atoms with E-state index in [0.29, 0.717) is 32.1 Å².